The average Bonchev–Trinajstić information content (AvgIpc) is 2.36. The van der Waals surface area contributed by atoms with Crippen molar-refractivity contribution in [3.63, 3.8) is 0 Å². The molecule has 3 nitrogen and oxygen atoms in total. The van der Waals surface area contributed by atoms with E-state index in [2.05, 4.69) is 21.2 Å². The summed E-state index contributed by atoms with van der Waals surface area (Å²) < 4.78 is 18.4. The largest absolute Gasteiger partial charge is 0.385 e. The van der Waals surface area contributed by atoms with E-state index in [-0.39, 0.29) is 10.4 Å². The van der Waals surface area contributed by atoms with Crippen LogP contribution in [0.5, 0.6) is 0 Å². The van der Waals surface area contributed by atoms with Crippen molar-refractivity contribution in [1.82, 2.24) is 5.32 Å². The smallest absolute Gasteiger partial charge is 0.252 e. The number of hydrogen-bond donors (Lipinski definition) is 1. The molecule has 0 aliphatic rings. The molecule has 0 bridgehead atoms. The number of unbranched alkanes of at least 4 members (excludes halogenated alkanes) is 2. The number of carbonyl (C=O) groups is 1. The normalized spacial score (nSPS) is 10.4. The fraction of sp³-hybridized carbons (Fsp3) is 0.462. The predicted molar refractivity (Wildman–Crippen MR) is 72.2 cm³/mol. The van der Waals surface area contributed by atoms with Crippen molar-refractivity contribution in [3.05, 3.63) is 34.1 Å². The van der Waals surface area contributed by atoms with E-state index in [0.29, 0.717) is 12.1 Å². The van der Waals surface area contributed by atoms with Gasteiger partial charge in [-0.15, -0.1) is 0 Å². The Morgan fingerprint density at radius 3 is 2.89 bits per heavy atom. The number of ether oxygens (including phenoxy) is 1. The topological polar surface area (TPSA) is 38.3 Å². The third-order valence-electron chi connectivity index (χ3n) is 2.51. The summed E-state index contributed by atoms with van der Waals surface area (Å²) in [6, 6.07) is 4.42. The van der Waals surface area contributed by atoms with Gasteiger partial charge < -0.3 is 10.1 Å². The SMILES string of the molecule is COCCCCCNC(=O)c1cccc(F)c1Br. The lowest BCUT2D eigenvalue weighted by Crippen LogP contribution is -2.25. The van der Waals surface area contributed by atoms with Gasteiger partial charge in [0.05, 0.1) is 10.0 Å². The van der Waals surface area contributed by atoms with Gasteiger partial charge >= 0.3 is 0 Å². The maximum absolute atomic E-state index is 13.2. The van der Waals surface area contributed by atoms with Crippen molar-refractivity contribution in [2.45, 2.75) is 19.3 Å². The molecule has 18 heavy (non-hydrogen) atoms. The summed E-state index contributed by atoms with van der Waals surface area (Å²) >= 11 is 3.07. The maximum atomic E-state index is 13.2. The molecule has 1 aromatic rings. The molecule has 0 unspecified atom stereocenters. The monoisotopic (exact) mass is 317 g/mol. The van der Waals surface area contributed by atoms with E-state index in [1.807, 2.05) is 0 Å². The van der Waals surface area contributed by atoms with Gasteiger partial charge in [0.25, 0.3) is 5.91 Å². The molecular formula is C13H17BrFNO2. The Labute approximate surface area is 115 Å². The Morgan fingerprint density at radius 1 is 1.39 bits per heavy atom. The summed E-state index contributed by atoms with van der Waals surface area (Å²) in [4.78, 5) is 11.8. The van der Waals surface area contributed by atoms with Gasteiger partial charge in [0.15, 0.2) is 0 Å². The van der Waals surface area contributed by atoms with Gasteiger partial charge in [-0.25, -0.2) is 4.39 Å². The quantitative estimate of drug-likeness (QED) is 0.785. The highest BCUT2D eigenvalue weighted by Crippen LogP contribution is 2.20. The van der Waals surface area contributed by atoms with E-state index in [1.165, 1.54) is 12.1 Å². The van der Waals surface area contributed by atoms with Gasteiger partial charge in [-0.1, -0.05) is 6.07 Å². The van der Waals surface area contributed by atoms with Crippen LogP contribution < -0.4 is 5.32 Å². The summed E-state index contributed by atoms with van der Waals surface area (Å²) in [5, 5.41) is 2.77. The van der Waals surface area contributed by atoms with Crippen LogP contribution >= 0.6 is 15.9 Å². The predicted octanol–water partition coefficient (Wildman–Crippen LogP) is 3.13. The van der Waals surface area contributed by atoms with Crippen LogP contribution in [0.25, 0.3) is 0 Å². The third kappa shape index (κ3) is 4.74. The molecule has 0 atom stereocenters. The molecule has 100 valence electrons. The van der Waals surface area contributed by atoms with E-state index in [9.17, 15) is 9.18 Å². The van der Waals surface area contributed by atoms with Crippen molar-refractivity contribution < 1.29 is 13.9 Å². The van der Waals surface area contributed by atoms with Crippen LogP contribution in [0.3, 0.4) is 0 Å². The summed E-state index contributed by atoms with van der Waals surface area (Å²) in [6.45, 7) is 1.33. The van der Waals surface area contributed by atoms with Crippen LogP contribution in [0.15, 0.2) is 22.7 Å². The van der Waals surface area contributed by atoms with E-state index in [4.69, 9.17) is 4.74 Å². The molecular weight excluding hydrogens is 301 g/mol. The third-order valence-corrected chi connectivity index (χ3v) is 3.31. The van der Waals surface area contributed by atoms with E-state index >= 15 is 0 Å². The van der Waals surface area contributed by atoms with Gasteiger partial charge in [-0.2, -0.15) is 0 Å². The van der Waals surface area contributed by atoms with Gasteiger partial charge in [0, 0.05) is 20.3 Å². The van der Waals surface area contributed by atoms with Crippen molar-refractivity contribution in [2.24, 2.45) is 0 Å². The minimum absolute atomic E-state index is 0.210. The molecule has 0 spiro atoms. The van der Waals surface area contributed by atoms with Gasteiger partial charge in [-0.3, -0.25) is 4.79 Å². The Hall–Kier alpha value is -0.940. The van der Waals surface area contributed by atoms with E-state index in [0.717, 1.165) is 25.9 Å². The molecule has 1 N–H and O–H groups in total. The number of nitrogens with one attached hydrogen (secondary N) is 1. The Balaban J connectivity index is 2.35. The molecule has 0 fully saturated rings. The highest BCUT2D eigenvalue weighted by Gasteiger charge is 2.11. The molecule has 0 aliphatic heterocycles. The van der Waals surface area contributed by atoms with Crippen LogP contribution in [0, 0.1) is 5.82 Å². The molecule has 1 aromatic carbocycles. The van der Waals surface area contributed by atoms with Crippen molar-refractivity contribution >= 4 is 21.8 Å². The second-order valence-corrected chi connectivity index (χ2v) is 4.70. The lowest BCUT2D eigenvalue weighted by molar-refractivity contribution is 0.0951. The van der Waals surface area contributed by atoms with Gasteiger partial charge in [0.2, 0.25) is 0 Å². The summed E-state index contributed by atoms with van der Waals surface area (Å²) in [5.74, 6) is -0.684. The number of benzene rings is 1. The molecule has 0 heterocycles. The van der Waals surface area contributed by atoms with Crippen LogP contribution in [0.4, 0.5) is 4.39 Å². The maximum Gasteiger partial charge on any atom is 0.252 e. The minimum Gasteiger partial charge on any atom is -0.385 e. The lowest BCUT2D eigenvalue weighted by atomic mass is 10.2. The second-order valence-electron chi connectivity index (χ2n) is 3.91. The van der Waals surface area contributed by atoms with Crippen LogP contribution in [-0.2, 0) is 4.74 Å². The molecule has 1 amide bonds. The number of rotatable bonds is 7. The molecule has 0 aromatic heterocycles. The standard InChI is InChI=1S/C13H17BrFNO2/c1-18-9-4-2-3-8-16-13(17)10-6-5-7-11(15)12(10)14/h5-7H,2-4,8-9H2,1H3,(H,16,17). The summed E-state index contributed by atoms with van der Waals surface area (Å²) in [6.07, 6.45) is 2.87. The van der Waals surface area contributed by atoms with Crippen molar-refractivity contribution in [3.8, 4) is 0 Å². The van der Waals surface area contributed by atoms with Crippen molar-refractivity contribution in [2.75, 3.05) is 20.3 Å². The molecule has 0 radical (unpaired) electrons. The highest BCUT2D eigenvalue weighted by atomic mass is 79.9. The number of carbonyl (C=O) groups excluding carboxylic acids is 1. The second kappa shape index (κ2) is 8.21. The fourth-order valence-electron chi connectivity index (χ4n) is 1.52. The van der Waals surface area contributed by atoms with E-state index in [1.54, 1.807) is 13.2 Å². The first-order valence-corrected chi connectivity index (χ1v) is 6.67. The van der Waals surface area contributed by atoms with Gasteiger partial charge in [0.1, 0.15) is 5.82 Å². The van der Waals surface area contributed by atoms with Crippen LogP contribution in [0.1, 0.15) is 29.6 Å². The Bertz CT molecular complexity index is 399. The van der Waals surface area contributed by atoms with Gasteiger partial charge in [-0.05, 0) is 47.3 Å². The fourth-order valence-corrected chi connectivity index (χ4v) is 1.97. The van der Waals surface area contributed by atoms with Crippen molar-refractivity contribution in [1.29, 1.82) is 0 Å². The number of methoxy groups -OCH3 is 1. The zero-order valence-corrected chi connectivity index (χ0v) is 11.9. The average molecular weight is 318 g/mol. The van der Waals surface area contributed by atoms with E-state index < -0.39 is 5.82 Å². The zero-order valence-electron chi connectivity index (χ0n) is 10.3. The first kappa shape index (κ1) is 15.1. The molecule has 0 saturated heterocycles. The Morgan fingerprint density at radius 2 is 2.17 bits per heavy atom. The first-order valence-electron chi connectivity index (χ1n) is 5.88. The Kier molecular flexibility index (Phi) is 6.90. The van der Waals surface area contributed by atoms with Crippen LogP contribution in [0.2, 0.25) is 0 Å². The lowest BCUT2D eigenvalue weighted by Gasteiger charge is -2.07. The molecule has 5 heteroatoms. The minimum atomic E-state index is -0.428. The van der Waals surface area contributed by atoms with Crippen LogP contribution in [-0.4, -0.2) is 26.2 Å². The summed E-state index contributed by atoms with van der Waals surface area (Å²) in [7, 11) is 1.67. The molecule has 0 aliphatic carbocycles. The highest BCUT2D eigenvalue weighted by molar-refractivity contribution is 9.10. The molecule has 1 rings (SSSR count). The number of amides is 1. The molecule has 0 saturated carbocycles. The zero-order chi connectivity index (χ0) is 13.4. The number of halogens is 2. The summed E-state index contributed by atoms with van der Waals surface area (Å²) in [5.41, 5.74) is 0.326. The first-order chi connectivity index (χ1) is 8.66. The number of hydrogen-bond acceptors (Lipinski definition) is 2.